The maximum atomic E-state index is 9.86. The summed E-state index contributed by atoms with van der Waals surface area (Å²) in [6.45, 7) is 1.05. The summed E-state index contributed by atoms with van der Waals surface area (Å²) in [5.41, 5.74) is 14.4. The van der Waals surface area contributed by atoms with Crippen molar-refractivity contribution in [2.75, 3.05) is 12.3 Å². The Kier molecular flexibility index (Phi) is 16.6. The summed E-state index contributed by atoms with van der Waals surface area (Å²) < 4.78 is 0. The zero-order valence-electron chi connectivity index (χ0n) is 10.8. The summed E-state index contributed by atoms with van der Waals surface area (Å²) in [7, 11) is 0. The van der Waals surface area contributed by atoms with E-state index in [1.807, 2.05) is 0 Å². The lowest BCUT2D eigenvalue weighted by atomic mass is 10.2. The molecule has 0 bridgehead atoms. The zero-order chi connectivity index (χ0) is 16.9. The molecule has 20 heavy (non-hydrogen) atoms. The van der Waals surface area contributed by atoms with Gasteiger partial charge in [0.2, 0.25) is 0 Å². The Morgan fingerprint density at radius 3 is 1.45 bits per heavy atom. The van der Waals surface area contributed by atoms with E-state index in [0.717, 1.165) is 0 Å². The molecule has 0 amide bonds. The quantitative estimate of drug-likeness (QED) is 0.243. The van der Waals surface area contributed by atoms with Crippen LogP contribution >= 0.6 is 12.6 Å². The highest BCUT2D eigenvalue weighted by Crippen LogP contribution is 1.85. The molecule has 0 saturated carbocycles. The van der Waals surface area contributed by atoms with Crippen molar-refractivity contribution in [2.45, 2.75) is 25.1 Å². The number of aliphatic hydroxyl groups excluding tert-OH is 1. The van der Waals surface area contributed by atoms with Crippen LogP contribution in [-0.4, -0.2) is 68.8 Å². The molecule has 0 aliphatic rings. The van der Waals surface area contributed by atoms with Crippen LogP contribution in [0.5, 0.6) is 0 Å². The van der Waals surface area contributed by atoms with Gasteiger partial charge in [-0.3, -0.25) is 14.4 Å². The van der Waals surface area contributed by atoms with E-state index in [9.17, 15) is 14.4 Å². The second kappa shape index (κ2) is 14.0. The van der Waals surface area contributed by atoms with Crippen LogP contribution in [0.3, 0.4) is 0 Å². The van der Waals surface area contributed by atoms with Gasteiger partial charge in [0.25, 0.3) is 0 Å². The molecule has 0 aliphatic heterocycles. The smallest absolute Gasteiger partial charge is 0.323 e. The van der Waals surface area contributed by atoms with Crippen molar-refractivity contribution in [3.8, 4) is 0 Å². The summed E-state index contributed by atoms with van der Waals surface area (Å²) in [5, 5.41) is 32.2. The van der Waals surface area contributed by atoms with E-state index >= 15 is 0 Å². The molecule has 10 nitrogen and oxygen atoms in total. The van der Waals surface area contributed by atoms with Gasteiger partial charge >= 0.3 is 17.9 Å². The van der Waals surface area contributed by atoms with Crippen LogP contribution in [-0.2, 0) is 14.4 Å². The third-order valence-corrected chi connectivity index (χ3v) is 1.89. The van der Waals surface area contributed by atoms with Crippen molar-refractivity contribution in [2.24, 2.45) is 17.2 Å². The van der Waals surface area contributed by atoms with Crippen LogP contribution in [0.1, 0.15) is 6.92 Å². The number of rotatable bonds is 5. The fraction of sp³-hybridized carbons (Fsp3) is 0.667. The zero-order valence-corrected chi connectivity index (χ0v) is 11.7. The van der Waals surface area contributed by atoms with E-state index in [4.69, 9.17) is 31.9 Å². The van der Waals surface area contributed by atoms with Gasteiger partial charge in [0.15, 0.2) is 0 Å². The number of hydrogen-bond donors (Lipinski definition) is 8. The molecule has 0 radical (unpaired) electrons. The van der Waals surface area contributed by atoms with Gasteiger partial charge in [0.05, 0.1) is 12.6 Å². The average Bonchev–Trinajstić information content (AvgIpc) is 2.37. The van der Waals surface area contributed by atoms with Crippen molar-refractivity contribution >= 4 is 30.5 Å². The standard InChI is InChI=1S/C4H9NO3.C3H7NO2S.C2H5NO2/c1-2(6)3(5)4(7)8;4-2(1-7)3(5)6;3-1-2(4)5/h2-3,6H,5H2,1H3,(H,7,8);2,7H,1,4H2,(H,5,6);1,3H2,(H,4,5). The molecule has 0 aromatic carbocycles. The normalized spacial score (nSPS) is 13.5. The molecule has 0 spiro atoms. The minimum atomic E-state index is -1.18. The molecule has 3 unspecified atom stereocenters. The number of aliphatic hydroxyl groups is 1. The van der Waals surface area contributed by atoms with Gasteiger partial charge < -0.3 is 37.6 Å². The largest absolute Gasteiger partial charge is 0.480 e. The first-order valence-corrected chi connectivity index (χ1v) is 5.81. The summed E-state index contributed by atoms with van der Waals surface area (Å²) in [6, 6.07) is -1.97. The minimum absolute atomic E-state index is 0.190. The van der Waals surface area contributed by atoms with Crippen molar-refractivity contribution in [1.82, 2.24) is 0 Å². The molecule has 0 aromatic rings. The van der Waals surface area contributed by atoms with Gasteiger partial charge in [-0.05, 0) is 6.92 Å². The Morgan fingerprint density at radius 2 is 1.45 bits per heavy atom. The Bertz CT molecular complexity index is 301. The highest BCUT2D eigenvalue weighted by Gasteiger charge is 2.16. The Morgan fingerprint density at radius 1 is 1.10 bits per heavy atom. The van der Waals surface area contributed by atoms with Crippen LogP contribution in [0, 0.1) is 0 Å². The first kappa shape index (κ1) is 23.7. The van der Waals surface area contributed by atoms with Crippen LogP contribution in [0.25, 0.3) is 0 Å². The van der Waals surface area contributed by atoms with Gasteiger partial charge in [-0.15, -0.1) is 0 Å². The fourth-order valence-electron chi connectivity index (χ4n) is 0.284. The number of carboxylic acid groups (broad SMARTS) is 3. The second-order valence-corrected chi connectivity index (χ2v) is 3.69. The van der Waals surface area contributed by atoms with Gasteiger partial charge in [0.1, 0.15) is 12.1 Å². The Labute approximate surface area is 121 Å². The van der Waals surface area contributed by atoms with E-state index < -0.39 is 36.1 Å². The minimum Gasteiger partial charge on any atom is -0.480 e. The molecule has 3 atom stereocenters. The van der Waals surface area contributed by atoms with Crippen molar-refractivity contribution in [3.05, 3.63) is 0 Å². The summed E-state index contributed by atoms with van der Waals surface area (Å²) in [6.07, 6.45) is -0.979. The number of thiol groups is 1. The highest BCUT2D eigenvalue weighted by atomic mass is 32.1. The van der Waals surface area contributed by atoms with E-state index in [0.29, 0.717) is 0 Å². The van der Waals surface area contributed by atoms with E-state index in [-0.39, 0.29) is 12.3 Å². The highest BCUT2D eigenvalue weighted by molar-refractivity contribution is 7.80. The summed E-state index contributed by atoms with van der Waals surface area (Å²) in [5.74, 6) is -2.96. The molecule has 0 aromatic heterocycles. The van der Waals surface area contributed by atoms with Gasteiger partial charge in [-0.25, -0.2) is 0 Å². The van der Waals surface area contributed by atoms with E-state index in [1.165, 1.54) is 6.92 Å². The lowest BCUT2D eigenvalue weighted by molar-refractivity contribution is -0.141. The number of carboxylic acids is 3. The first-order chi connectivity index (χ1) is 9.00. The van der Waals surface area contributed by atoms with Crippen LogP contribution < -0.4 is 17.2 Å². The topological polar surface area (TPSA) is 210 Å². The van der Waals surface area contributed by atoms with Gasteiger partial charge in [-0.1, -0.05) is 0 Å². The molecular weight excluding hydrogens is 294 g/mol. The molecule has 0 rings (SSSR count). The van der Waals surface area contributed by atoms with Crippen molar-refractivity contribution < 1.29 is 34.8 Å². The lowest BCUT2D eigenvalue weighted by Crippen LogP contribution is -2.39. The third-order valence-electron chi connectivity index (χ3n) is 1.49. The Balaban J connectivity index is -0.000000223. The maximum Gasteiger partial charge on any atom is 0.323 e. The van der Waals surface area contributed by atoms with E-state index in [2.05, 4.69) is 18.4 Å². The summed E-state index contributed by atoms with van der Waals surface area (Å²) in [4.78, 5) is 28.9. The number of hydrogen-bond acceptors (Lipinski definition) is 8. The number of nitrogens with two attached hydrogens (primary N) is 3. The number of aliphatic carboxylic acids is 3. The van der Waals surface area contributed by atoms with Gasteiger partial charge in [-0.2, -0.15) is 12.6 Å². The second-order valence-electron chi connectivity index (χ2n) is 3.33. The average molecular weight is 315 g/mol. The predicted molar refractivity (Wildman–Crippen MR) is 73.4 cm³/mol. The number of carbonyl (C=O) groups is 3. The molecule has 10 N–H and O–H groups in total. The molecule has 11 heteroatoms. The van der Waals surface area contributed by atoms with Crippen molar-refractivity contribution in [1.29, 1.82) is 0 Å². The van der Waals surface area contributed by atoms with Crippen molar-refractivity contribution in [3.63, 3.8) is 0 Å². The molecule has 0 saturated heterocycles. The van der Waals surface area contributed by atoms with Crippen LogP contribution in [0.15, 0.2) is 0 Å². The summed E-state index contributed by atoms with van der Waals surface area (Å²) >= 11 is 3.65. The third kappa shape index (κ3) is 19.0. The Hall–Kier alpha value is -1.40. The maximum absolute atomic E-state index is 9.86. The van der Waals surface area contributed by atoms with Crippen LogP contribution in [0.4, 0.5) is 0 Å². The fourth-order valence-corrected chi connectivity index (χ4v) is 0.441. The lowest BCUT2D eigenvalue weighted by Gasteiger charge is -2.06. The molecule has 120 valence electrons. The van der Waals surface area contributed by atoms with Crippen LogP contribution in [0.2, 0.25) is 0 Å². The predicted octanol–water partition coefficient (Wildman–Crippen LogP) is -2.86. The molecule has 0 fully saturated rings. The monoisotopic (exact) mass is 315 g/mol. The SMILES string of the molecule is CC(O)C(N)C(=O)O.NC(CS)C(=O)O.NCC(=O)O. The molecule has 0 aliphatic carbocycles. The molecule has 0 heterocycles. The molecular formula is C9H21N3O7S. The van der Waals surface area contributed by atoms with Gasteiger partial charge in [0, 0.05) is 5.75 Å². The van der Waals surface area contributed by atoms with E-state index in [1.54, 1.807) is 0 Å². The first-order valence-electron chi connectivity index (χ1n) is 5.18.